The summed E-state index contributed by atoms with van der Waals surface area (Å²) in [7, 11) is 1.52. The van der Waals surface area contributed by atoms with Crippen LogP contribution in [0.3, 0.4) is 0 Å². The molecule has 0 saturated heterocycles. The van der Waals surface area contributed by atoms with Gasteiger partial charge >= 0.3 is 0 Å². The molecule has 124 valence electrons. The number of carbonyl (C=O) groups is 1. The van der Waals surface area contributed by atoms with Crippen molar-refractivity contribution in [3.8, 4) is 5.75 Å². The number of hydrogen-bond acceptors (Lipinski definition) is 3. The molecule has 0 bridgehead atoms. The van der Waals surface area contributed by atoms with Gasteiger partial charge in [-0.25, -0.2) is 0 Å². The van der Waals surface area contributed by atoms with Crippen LogP contribution in [0.2, 0.25) is 20.1 Å². The molecule has 2 aromatic carbocycles. The molecular weight excluding hydrogens is 412 g/mol. The molecular formula is C16H9Cl4NO2S. The summed E-state index contributed by atoms with van der Waals surface area (Å²) < 4.78 is 5.87. The lowest BCUT2D eigenvalue weighted by atomic mass is 10.2. The van der Waals surface area contributed by atoms with Gasteiger partial charge in [-0.3, -0.25) is 4.79 Å². The second-order valence-corrected chi connectivity index (χ2v) is 7.40. The van der Waals surface area contributed by atoms with Gasteiger partial charge in [0.05, 0.1) is 27.5 Å². The third-order valence-electron chi connectivity index (χ3n) is 3.30. The Bertz CT molecular complexity index is 955. The summed E-state index contributed by atoms with van der Waals surface area (Å²) in [6.07, 6.45) is 0. The molecule has 3 nitrogen and oxygen atoms in total. The molecule has 0 aliphatic rings. The SMILES string of the molecule is COc1ccc2c(Cl)c(C(=O)Nc3cc(Cl)ccc3Cl)sc2c1Cl. The fourth-order valence-electron chi connectivity index (χ4n) is 2.16. The normalized spacial score (nSPS) is 10.9. The zero-order valence-electron chi connectivity index (χ0n) is 12.1. The number of nitrogens with one attached hydrogen (secondary N) is 1. The molecule has 0 aliphatic carbocycles. The van der Waals surface area contributed by atoms with Gasteiger partial charge in [0.15, 0.2) is 0 Å². The van der Waals surface area contributed by atoms with Crippen LogP contribution in [0.15, 0.2) is 30.3 Å². The molecule has 0 saturated carbocycles. The highest BCUT2D eigenvalue weighted by molar-refractivity contribution is 7.22. The summed E-state index contributed by atoms with van der Waals surface area (Å²) in [5.74, 6) is 0.132. The largest absolute Gasteiger partial charge is 0.495 e. The van der Waals surface area contributed by atoms with Crippen molar-refractivity contribution in [2.75, 3.05) is 12.4 Å². The molecule has 1 amide bonds. The number of anilines is 1. The van der Waals surface area contributed by atoms with Crippen molar-refractivity contribution in [3.63, 3.8) is 0 Å². The van der Waals surface area contributed by atoms with E-state index in [-0.39, 0.29) is 5.91 Å². The Morgan fingerprint density at radius 1 is 1.08 bits per heavy atom. The summed E-state index contributed by atoms with van der Waals surface area (Å²) in [5, 5.41) is 4.99. The molecule has 8 heteroatoms. The summed E-state index contributed by atoms with van der Waals surface area (Å²) in [6, 6.07) is 8.28. The van der Waals surface area contributed by atoms with E-state index in [4.69, 9.17) is 51.1 Å². The Hall–Kier alpha value is -1.17. The number of fused-ring (bicyclic) bond motifs is 1. The van der Waals surface area contributed by atoms with E-state index in [1.807, 2.05) is 0 Å². The molecule has 0 radical (unpaired) electrons. The first-order valence-electron chi connectivity index (χ1n) is 6.63. The molecule has 0 fully saturated rings. The first kappa shape index (κ1) is 17.6. The van der Waals surface area contributed by atoms with E-state index < -0.39 is 0 Å². The highest BCUT2D eigenvalue weighted by Crippen LogP contribution is 2.43. The van der Waals surface area contributed by atoms with E-state index in [9.17, 15) is 4.79 Å². The molecule has 1 aromatic heterocycles. The number of ether oxygens (including phenoxy) is 1. The van der Waals surface area contributed by atoms with Crippen molar-refractivity contribution in [3.05, 3.63) is 55.3 Å². The minimum Gasteiger partial charge on any atom is -0.495 e. The average molecular weight is 421 g/mol. The van der Waals surface area contributed by atoms with Crippen molar-refractivity contribution < 1.29 is 9.53 Å². The smallest absolute Gasteiger partial charge is 0.267 e. The maximum Gasteiger partial charge on any atom is 0.267 e. The van der Waals surface area contributed by atoms with Gasteiger partial charge in [-0.1, -0.05) is 46.4 Å². The maximum absolute atomic E-state index is 12.6. The quantitative estimate of drug-likeness (QED) is 0.507. The van der Waals surface area contributed by atoms with Crippen molar-refractivity contribution >= 4 is 79.4 Å². The third-order valence-corrected chi connectivity index (χ3v) is 6.08. The van der Waals surface area contributed by atoms with Gasteiger partial charge in [0.25, 0.3) is 5.91 Å². The Morgan fingerprint density at radius 2 is 1.83 bits per heavy atom. The van der Waals surface area contributed by atoms with E-state index in [1.165, 1.54) is 18.4 Å². The zero-order valence-corrected chi connectivity index (χ0v) is 16.0. The van der Waals surface area contributed by atoms with Crippen molar-refractivity contribution in [2.45, 2.75) is 0 Å². The number of carbonyl (C=O) groups excluding carboxylic acids is 1. The third kappa shape index (κ3) is 3.17. The van der Waals surface area contributed by atoms with Crippen LogP contribution in [-0.4, -0.2) is 13.0 Å². The van der Waals surface area contributed by atoms with Crippen molar-refractivity contribution in [1.82, 2.24) is 0 Å². The first-order chi connectivity index (χ1) is 11.4. The van der Waals surface area contributed by atoms with E-state index in [0.29, 0.717) is 46.5 Å². The lowest BCUT2D eigenvalue weighted by Gasteiger charge is -2.06. The Kier molecular flexibility index (Phi) is 5.13. The minimum atomic E-state index is -0.389. The monoisotopic (exact) mass is 419 g/mol. The standard InChI is InChI=1S/C16H9Cl4NO2S/c1-23-11-5-3-8-12(19)15(24-14(8)13(11)20)16(22)21-10-6-7(17)2-4-9(10)18/h2-6H,1H3,(H,21,22). The van der Waals surface area contributed by atoms with Crippen LogP contribution in [0.1, 0.15) is 9.67 Å². The highest BCUT2D eigenvalue weighted by Gasteiger charge is 2.21. The van der Waals surface area contributed by atoms with Crippen LogP contribution in [0.25, 0.3) is 10.1 Å². The van der Waals surface area contributed by atoms with Crippen LogP contribution in [0.5, 0.6) is 5.75 Å². The predicted molar refractivity (Wildman–Crippen MR) is 103 cm³/mol. The topological polar surface area (TPSA) is 38.3 Å². The maximum atomic E-state index is 12.6. The average Bonchev–Trinajstić information content (AvgIpc) is 2.89. The number of methoxy groups -OCH3 is 1. The summed E-state index contributed by atoms with van der Waals surface area (Å²) in [6.45, 7) is 0. The Balaban J connectivity index is 2.02. The van der Waals surface area contributed by atoms with Gasteiger partial charge in [0, 0.05) is 10.4 Å². The summed E-state index contributed by atoms with van der Waals surface area (Å²) in [4.78, 5) is 12.9. The first-order valence-corrected chi connectivity index (χ1v) is 8.96. The lowest BCUT2D eigenvalue weighted by molar-refractivity contribution is 0.103. The van der Waals surface area contributed by atoms with Gasteiger partial charge in [0.2, 0.25) is 0 Å². The van der Waals surface area contributed by atoms with E-state index in [2.05, 4.69) is 5.32 Å². The molecule has 1 heterocycles. The van der Waals surface area contributed by atoms with Gasteiger partial charge in [-0.15, -0.1) is 11.3 Å². The van der Waals surface area contributed by atoms with Crippen LogP contribution in [0, 0.1) is 0 Å². The zero-order chi connectivity index (χ0) is 17.4. The number of hydrogen-bond donors (Lipinski definition) is 1. The second kappa shape index (κ2) is 6.98. The Morgan fingerprint density at radius 3 is 2.54 bits per heavy atom. The number of halogens is 4. The summed E-state index contributed by atoms with van der Waals surface area (Å²) in [5.41, 5.74) is 0.409. The molecule has 3 aromatic rings. The van der Waals surface area contributed by atoms with Crippen LogP contribution < -0.4 is 10.1 Å². The van der Waals surface area contributed by atoms with Gasteiger partial charge in [-0.2, -0.15) is 0 Å². The van der Waals surface area contributed by atoms with Crippen LogP contribution >= 0.6 is 57.7 Å². The number of benzene rings is 2. The molecule has 1 N–H and O–H groups in total. The summed E-state index contributed by atoms with van der Waals surface area (Å²) >= 11 is 25.8. The van der Waals surface area contributed by atoms with Crippen LogP contribution in [0.4, 0.5) is 5.69 Å². The lowest BCUT2D eigenvalue weighted by Crippen LogP contribution is -2.11. The molecule has 0 spiro atoms. The number of rotatable bonds is 3. The van der Waals surface area contributed by atoms with E-state index in [1.54, 1.807) is 30.3 Å². The Labute approximate surface area is 162 Å². The molecule has 24 heavy (non-hydrogen) atoms. The van der Waals surface area contributed by atoms with Gasteiger partial charge in [-0.05, 0) is 30.3 Å². The van der Waals surface area contributed by atoms with E-state index in [0.717, 1.165) is 0 Å². The molecule has 3 rings (SSSR count). The molecule has 0 aliphatic heterocycles. The highest BCUT2D eigenvalue weighted by atomic mass is 35.5. The second-order valence-electron chi connectivity index (χ2n) is 4.78. The van der Waals surface area contributed by atoms with Gasteiger partial charge < -0.3 is 10.1 Å². The molecule has 0 unspecified atom stereocenters. The van der Waals surface area contributed by atoms with Crippen molar-refractivity contribution in [1.29, 1.82) is 0 Å². The number of amides is 1. The fourth-order valence-corrected chi connectivity index (χ4v) is 4.28. The molecule has 0 atom stereocenters. The minimum absolute atomic E-state index is 0.329. The fraction of sp³-hybridized carbons (Fsp3) is 0.0625. The predicted octanol–water partition coefficient (Wildman–Crippen LogP) is 6.78. The van der Waals surface area contributed by atoms with E-state index >= 15 is 0 Å². The van der Waals surface area contributed by atoms with Gasteiger partial charge in [0.1, 0.15) is 15.6 Å². The van der Waals surface area contributed by atoms with Crippen LogP contribution in [-0.2, 0) is 0 Å². The van der Waals surface area contributed by atoms with Crippen molar-refractivity contribution in [2.24, 2.45) is 0 Å². The number of thiophene rings is 1.